The highest BCUT2D eigenvalue weighted by atomic mass is 35.5. The van der Waals surface area contributed by atoms with Crippen molar-refractivity contribution in [2.45, 2.75) is 30.3 Å². The number of carbonyl (C=O) groups is 1. The van der Waals surface area contributed by atoms with Crippen molar-refractivity contribution in [2.24, 2.45) is 0 Å². The third-order valence-electron chi connectivity index (χ3n) is 7.42. The highest BCUT2D eigenvalue weighted by Crippen LogP contribution is 2.44. The van der Waals surface area contributed by atoms with Gasteiger partial charge in [-0.15, -0.1) is 0 Å². The number of aromatic nitrogens is 2. The van der Waals surface area contributed by atoms with Gasteiger partial charge in [-0.25, -0.2) is 31.6 Å². The lowest BCUT2D eigenvalue weighted by atomic mass is 10.1. The van der Waals surface area contributed by atoms with Crippen molar-refractivity contribution in [3.63, 3.8) is 0 Å². The highest BCUT2D eigenvalue weighted by Gasteiger charge is 2.35. The Labute approximate surface area is 257 Å². The average Bonchev–Trinajstić information content (AvgIpc) is 3.60. The number of rotatable bonds is 6. The maximum absolute atomic E-state index is 14.6. The van der Waals surface area contributed by atoms with Crippen molar-refractivity contribution < 1.29 is 39.6 Å². The Morgan fingerprint density at radius 3 is 2.16 bits per heavy atom. The van der Waals surface area contributed by atoms with Gasteiger partial charge < -0.3 is 9.80 Å². The van der Waals surface area contributed by atoms with Crippen molar-refractivity contribution in [2.75, 3.05) is 27.6 Å². The van der Waals surface area contributed by atoms with Crippen LogP contribution in [-0.2, 0) is 27.4 Å². The number of anilines is 4. The molecular formula is C29H20ClF6N5O3S. The normalized spacial score (nSPS) is 15.1. The van der Waals surface area contributed by atoms with Gasteiger partial charge in [-0.1, -0.05) is 17.7 Å². The lowest BCUT2D eigenvalue weighted by Gasteiger charge is -2.26. The van der Waals surface area contributed by atoms with Crippen LogP contribution in [0.4, 0.5) is 49.4 Å². The van der Waals surface area contributed by atoms with Gasteiger partial charge in [-0.05, 0) is 54.8 Å². The summed E-state index contributed by atoms with van der Waals surface area (Å²) in [5.41, 5.74) is -0.958. The van der Waals surface area contributed by atoms with E-state index in [2.05, 4.69) is 9.97 Å². The van der Waals surface area contributed by atoms with Crippen molar-refractivity contribution in [1.29, 1.82) is 0 Å². The number of halogens is 7. The molecule has 0 saturated carbocycles. The lowest BCUT2D eigenvalue weighted by Crippen LogP contribution is -2.27. The van der Waals surface area contributed by atoms with E-state index in [1.54, 1.807) is 4.90 Å². The number of benzene rings is 3. The van der Waals surface area contributed by atoms with Crippen LogP contribution in [0.5, 0.6) is 0 Å². The van der Waals surface area contributed by atoms with E-state index in [-0.39, 0.29) is 64.5 Å². The second kappa shape index (κ2) is 11.2. The SMILES string of the molecule is O=C1CCCN1c1cc(S(=O)(=O)Nc2c(F)cc(Cl)cc2F)cc2c1N(c1ncc(-c3ccc(C(F)(F)F)cc3F)cn1)CC2. The number of nitrogens with one attached hydrogen (secondary N) is 1. The molecular weight excluding hydrogens is 648 g/mol. The number of amides is 1. The van der Waals surface area contributed by atoms with Crippen molar-refractivity contribution in [3.8, 4) is 11.1 Å². The molecule has 1 amide bonds. The molecule has 45 heavy (non-hydrogen) atoms. The Balaban J connectivity index is 1.37. The minimum Gasteiger partial charge on any atom is -0.310 e. The van der Waals surface area contributed by atoms with Crippen LogP contribution in [0.15, 0.2) is 59.8 Å². The van der Waals surface area contributed by atoms with E-state index in [4.69, 9.17) is 11.6 Å². The Morgan fingerprint density at radius 1 is 0.867 bits per heavy atom. The van der Waals surface area contributed by atoms with Crippen molar-refractivity contribution in [1.82, 2.24) is 9.97 Å². The van der Waals surface area contributed by atoms with E-state index < -0.39 is 44.9 Å². The Morgan fingerprint density at radius 2 is 1.56 bits per heavy atom. The minimum absolute atomic E-state index is 0.108. The van der Waals surface area contributed by atoms with Gasteiger partial charge in [0, 0.05) is 48.1 Å². The first-order valence-electron chi connectivity index (χ1n) is 13.3. The summed E-state index contributed by atoms with van der Waals surface area (Å²) in [4.78, 5) is 24.1. The maximum atomic E-state index is 14.6. The molecule has 1 N–H and O–H groups in total. The van der Waals surface area contributed by atoms with E-state index in [0.717, 1.165) is 24.3 Å². The molecule has 2 aliphatic rings. The van der Waals surface area contributed by atoms with Gasteiger partial charge in [0.25, 0.3) is 10.0 Å². The molecule has 6 rings (SSSR count). The topological polar surface area (TPSA) is 95.5 Å². The maximum Gasteiger partial charge on any atom is 0.416 e. The second-order valence-electron chi connectivity index (χ2n) is 10.3. The third kappa shape index (κ3) is 5.77. The summed E-state index contributed by atoms with van der Waals surface area (Å²) in [5.74, 6) is -3.71. The molecule has 3 aromatic carbocycles. The Hall–Kier alpha value is -4.37. The fraction of sp³-hybridized carbons (Fsp3) is 0.207. The van der Waals surface area contributed by atoms with Crippen LogP contribution in [0, 0.1) is 17.5 Å². The number of carbonyl (C=O) groups excluding carboxylic acids is 1. The number of sulfonamides is 1. The zero-order valence-electron chi connectivity index (χ0n) is 22.8. The molecule has 1 aromatic heterocycles. The zero-order chi connectivity index (χ0) is 32.3. The van der Waals surface area contributed by atoms with Gasteiger partial charge in [0.1, 0.15) is 11.5 Å². The smallest absolute Gasteiger partial charge is 0.310 e. The molecule has 0 spiro atoms. The van der Waals surface area contributed by atoms with Gasteiger partial charge in [0.2, 0.25) is 11.9 Å². The molecule has 0 radical (unpaired) electrons. The van der Waals surface area contributed by atoms with Crippen LogP contribution in [0.1, 0.15) is 24.0 Å². The molecule has 8 nitrogen and oxygen atoms in total. The molecule has 3 heterocycles. The monoisotopic (exact) mass is 667 g/mol. The second-order valence-corrected chi connectivity index (χ2v) is 12.4. The molecule has 0 unspecified atom stereocenters. The predicted octanol–water partition coefficient (Wildman–Crippen LogP) is 6.85. The van der Waals surface area contributed by atoms with Crippen LogP contribution in [0.25, 0.3) is 11.1 Å². The summed E-state index contributed by atoms with van der Waals surface area (Å²) in [6, 6.07) is 6.17. The minimum atomic E-state index is -4.71. The summed E-state index contributed by atoms with van der Waals surface area (Å²) >= 11 is 5.65. The Kier molecular flexibility index (Phi) is 7.64. The van der Waals surface area contributed by atoms with Gasteiger partial charge in [-0.2, -0.15) is 13.2 Å². The molecule has 234 valence electrons. The van der Waals surface area contributed by atoms with E-state index in [0.29, 0.717) is 23.7 Å². The molecule has 0 bridgehead atoms. The van der Waals surface area contributed by atoms with Crippen LogP contribution in [0.3, 0.4) is 0 Å². The number of nitrogens with zero attached hydrogens (tertiary/aromatic N) is 4. The lowest BCUT2D eigenvalue weighted by molar-refractivity contribution is -0.137. The van der Waals surface area contributed by atoms with E-state index in [1.807, 2.05) is 4.72 Å². The fourth-order valence-electron chi connectivity index (χ4n) is 5.32. The van der Waals surface area contributed by atoms with Crippen molar-refractivity contribution in [3.05, 3.63) is 88.5 Å². The van der Waals surface area contributed by atoms with Crippen molar-refractivity contribution >= 4 is 50.5 Å². The summed E-state index contributed by atoms with van der Waals surface area (Å²) in [7, 11) is -4.56. The molecule has 16 heteroatoms. The average molecular weight is 668 g/mol. The van der Waals surface area contributed by atoms with Crippen LogP contribution >= 0.6 is 11.6 Å². The first-order chi connectivity index (χ1) is 21.2. The Bertz CT molecular complexity index is 1930. The van der Waals surface area contributed by atoms with E-state index >= 15 is 0 Å². The van der Waals surface area contributed by atoms with E-state index in [9.17, 15) is 39.6 Å². The molecule has 0 aliphatic carbocycles. The summed E-state index contributed by atoms with van der Waals surface area (Å²) in [6.07, 6.45) is -1.23. The first-order valence-corrected chi connectivity index (χ1v) is 15.2. The van der Waals surface area contributed by atoms with E-state index in [1.165, 1.54) is 29.4 Å². The molecule has 1 fully saturated rings. The summed E-state index contributed by atoms with van der Waals surface area (Å²) in [6.45, 7) is 0.527. The molecule has 0 atom stereocenters. The molecule has 4 aromatic rings. The third-order valence-corrected chi connectivity index (χ3v) is 8.97. The van der Waals surface area contributed by atoms with Crippen LogP contribution in [-0.4, -0.2) is 37.4 Å². The molecule has 1 saturated heterocycles. The number of hydrogen-bond donors (Lipinski definition) is 1. The van der Waals surface area contributed by atoms with Gasteiger partial charge in [0.15, 0.2) is 11.6 Å². The fourth-order valence-corrected chi connectivity index (χ4v) is 6.65. The van der Waals surface area contributed by atoms with Gasteiger partial charge in [-0.3, -0.25) is 9.52 Å². The van der Waals surface area contributed by atoms with Gasteiger partial charge in [0.05, 0.1) is 21.8 Å². The van der Waals surface area contributed by atoms with Crippen LogP contribution in [0.2, 0.25) is 5.02 Å². The van der Waals surface area contributed by atoms with Crippen LogP contribution < -0.4 is 14.5 Å². The standard InChI is InChI=1S/C29H20ClF6N5O3S/c30-18-10-22(32)26(23(33)11-18)39-45(43,44)19-8-15-5-7-41(27(15)24(12-19)40-6-1-2-25(40)42)28-37-13-16(14-38-28)20-4-3-17(9-21(20)31)29(34,35)36/h3-4,8-14,39H,1-2,5-7H2. The predicted molar refractivity (Wildman–Crippen MR) is 153 cm³/mol. The van der Waals surface area contributed by atoms with Gasteiger partial charge >= 0.3 is 6.18 Å². The largest absolute Gasteiger partial charge is 0.416 e. The quantitative estimate of drug-likeness (QED) is 0.226. The summed E-state index contributed by atoms with van der Waals surface area (Å²) in [5, 5.41) is -0.264. The number of hydrogen-bond acceptors (Lipinski definition) is 6. The zero-order valence-corrected chi connectivity index (χ0v) is 24.4. The molecule has 2 aliphatic heterocycles. The first kappa shape index (κ1) is 30.6. The number of alkyl halides is 3. The summed E-state index contributed by atoms with van der Waals surface area (Å²) < 4.78 is 111. The highest BCUT2D eigenvalue weighted by molar-refractivity contribution is 7.92. The number of fused-ring (bicyclic) bond motifs is 1.